The topological polar surface area (TPSA) is 36.3 Å². The highest BCUT2D eigenvalue weighted by molar-refractivity contribution is 5.47. The first-order valence-corrected chi connectivity index (χ1v) is 7.76. The maximum Gasteiger partial charge on any atom is 0.143 e. The first-order chi connectivity index (χ1) is 10.8. The van der Waals surface area contributed by atoms with Crippen LogP contribution in [0.2, 0.25) is 0 Å². The number of likely N-dealkylation sites (tertiary alicyclic amines) is 1. The molecule has 2 aromatic rings. The summed E-state index contributed by atoms with van der Waals surface area (Å²) < 4.78 is 6.50. The quantitative estimate of drug-likeness (QED) is 0.796. The summed E-state index contributed by atoms with van der Waals surface area (Å²) in [5.74, 6) is 1.28. The van der Waals surface area contributed by atoms with E-state index in [-0.39, 0.29) is 11.5 Å². The lowest BCUT2D eigenvalue weighted by Gasteiger charge is -2.42. The maximum absolute atomic E-state index is 9.01. The average Bonchev–Trinajstić information content (AvgIpc) is 2.91. The molecular weight excluding hydrogens is 272 g/mol. The summed E-state index contributed by atoms with van der Waals surface area (Å²) >= 11 is 0. The number of fused-ring (bicyclic) bond motifs is 3. The van der Waals surface area contributed by atoms with E-state index in [9.17, 15) is 0 Å². The van der Waals surface area contributed by atoms with Gasteiger partial charge in [-0.15, -0.1) is 0 Å². The third-order valence-electron chi connectivity index (χ3n) is 4.95. The molecule has 0 saturated carbocycles. The molecule has 3 heteroatoms. The maximum atomic E-state index is 9.01. The minimum atomic E-state index is -0.281. The van der Waals surface area contributed by atoms with Gasteiger partial charge in [0, 0.05) is 31.0 Å². The number of benzene rings is 2. The van der Waals surface area contributed by atoms with Crippen LogP contribution in [-0.4, -0.2) is 24.5 Å². The van der Waals surface area contributed by atoms with Gasteiger partial charge in [-0.3, -0.25) is 4.90 Å². The van der Waals surface area contributed by atoms with Gasteiger partial charge in [0.25, 0.3) is 0 Å². The summed E-state index contributed by atoms with van der Waals surface area (Å²) in [6.07, 6.45) is 0.915. The SMILES string of the molecule is N#CCN1CCC2(c3ccccc3)Oc3ccccc3C2C1. The summed E-state index contributed by atoms with van der Waals surface area (Å²) in [6.45, 7) is 2.26. The second-order valence-corrected chi connectivity index (χ2v) is 6.09. The first-order valence-electron chi connectivity index (χ1n) is 7.76. The van der Waals surface area contributed by atoms with E-state index in [1.807, 2.05) is 12.1 Å². The molecule has 4 rings (SSSR count). The number of ether oxygens (including phenoxy) is 1. The molecule has 1 saturated heterocycles. The third-order valence-corrected chi connectivity index (χ3v) is 4.95. The van der Waals surface area contributed by atoms with Gasteiger partial charge in [-0.1, -0.05) is 48.5 Å². The molecule has 1 fully saturated rings. The number of hydrogen-bond donors (Lipinski definition) is 0. The monoisotopic (exact) mass is 290 g/mol. The molecule has 22 heavy (non-hydrogen) atoms. The fraction of sp³-hybridized carbons (Fsp3) is 0.316. The van der Waals surface area contributed by atoms with E-state index < -0.39 is 0 Å². The Morgan fingerprint density at radius 3 is 2.73 bits per heavy atom. The van der Waals surface area contributed by atoms with Crippen molar-refractivity contribution in [3.8, 4) is 11.8 Å². The summed E-state index contributed by atoms with van der Waals surface area (Å²) in [4.78, 5) is 2.23. The highest BCUT2D eigenvalue weighted by Crippen LogP contribution is 2.54. The van der Waals surface area contributed by atoms with Crippen LogP contribution in [0.5, 0.6) is 5.75 Å². The Labute approximate surface area is 130 Å². The third kappa shape index (κ3) is 1.92. The highest BCUT2D eigenvalue weighted by Gasteiger charge is 2.52. The summed E-state index contributed by atoms with van der Waals surface area (Å²) in [7, 11) is 0. The molecule has 2 unspecified atom stereocenters. The minimum absolute atomic E-state index is 0.281. The van der Waals surface area contributed by atoms with Crippen molar-refractivity contribution in [3.63, 3.8) is 0 Å². The molecule has 2 aromatic carbocycles. The molecule has 0 radical (unpaired) electrons. The van der Waals surface area contributed by atoms with Gasteiger partial charge in [0.15, 0.2) is 0 Å². The number of rotatable bonds is 2. The van der Waals surface area contributed by atoms with Crippen molar-refractivity contribution in [2.75, 3.05) is 19.6 Å². The number of piperidine rings is 1. The summed E-state index contributed by atoms with van der Waals surface area (Å²) in [6, 6.07) is 21.1. The van der Waals surface area contributed by atoms with Crippen LogP contribution in [0.15, 0.2) is 54.6 Å². The van der Waals surface area contributed by atoms with Crippen LogP contribution >= 0.6 is 0 Å². The van der Waals surface area contributed by atoms with E-state index in [0.29, 0.717) is 6.54 Å². The minimum Gasteiger partial charge on any atom is -0.482 e. The Hall–Kier alpha value is -2.31. The second-order valence-electron chi connectivity index (χ2n) is 6.09. The van der Waals surface area contributed by atoms with E-state index >= 15 is 0 Å². The van der Waals surface area contributed by atoms with Gasteiger partial charge in [-0.05, 0) is 11.6 Å². The second kappa shape index (κ2) is 5.15. The molecule has 2 atom stereocenters. The van der Waals surface area contributed by atoms with Crippen molar-refractivity contribution in [1.82, 2.24) is 4.90 Å². The summed E-state index contributed by atoms with van der Waals surface area (Å²) in [5.41, 5.74) is 2.23. The average molecular weight is 290 g/mol. The van der Waals surface area contributed by atoms with E-state index in [1.54, 1.807) is 0 Å². The van der Waals surface area contributed by atoms with Gasteiger partial charge in [0.2, 0.25) is 0 Å². The Bertz CT molecular complexity index is 722. The predicted octanol–water partition coefficient (Wildman–Crippen LogP) is 3.29. The molecule has 3 nitrogen and oxygen atoms in total. The predicted molar refractivity (Wildman–Crippen MR) is 84.6 cm³/mol. The first kappa shape index (κ1) is 13.4. The van der Waals surface area contributed by atoms with Crippen LogP contribution in [0.1, 0.15) is 23.5 Å². The van der Waals surface area contributed by atoms with Crippen LogP contribution in [0.4, 0.5) is 0 Å². The number of nitrogens with zero attached hydrogens (tertiary/aromatic N) is 2. The number of hydrogen-bond acceptors (Lipinski definition) is 3. The molecule has 0 spiro atoms. The number of nitriles is 1. The molecule has 0 N–H and O–H groups in total. The van der Waals surface area contributed by atoms with Crippen LogP contribution in [0, 0.1) is 11.3 Å². The van der Waals surface area contributed by atoms with Crippen LogP contribution < -0.4 is 4.74 Å². The normalized spacial score (nSPS) is 26.6. The summed E-state index contributed by atoms with van der Waals surface area (Å²) in [5, 5.41) is 9.01. The van der Waals surface area contributed by atoms with Crippen molar-refractivity contribution >= 4 is 0 Å². The van der Waals surface area contributed by atoms with E-state index in [2.05, 4.69) is 53.4 Å². The lowest BCUT2D eigenvalue weighted by atomic mass is 9.74. The van der Waals surface area contributed by atoms with Gasteiger partial charge >= 0.3 is 0 Å². The van der Waals surface area contributed by atoms with Crippen molar-refractivity contribution in [2.24, 2.45) is 0 Å². The molecule has 110 valence electrons. The fourth-order valence-corrected chi connectivity index (χ4v) is 3.89. The van der Waals surface area contributed by atoms with Gasteiger partial charge in [-0.25, -0.2) is 0 Å². The lowest BCUT2D eigenvalue weighted by molar-refractivity contribution is 0.00345. The van der Waals surface area contributed by atoms with E-state index in [1.165, 1.54) is 11.1 Å². The van der Waals surface area contributed by atoms with Crippen LogP contribution in [0.25, 0.3) is 0 Å². The van der Waals surface area contributed by atoms with Gasteiger partial charge < -0.3 is 4.74 Å². The van der Waals surface area contributed by atoms with Gasteiger partial charge in [0.1, 0.15) is 11.4 Å². The molecule has 0 amide bonds. The van der Waals surface area contributed by atoms with Crippen molar-refractivity contribution < 1.29 is 4.74 Å². The van der Waals surface area contributed by atoms with Gasteiger partial charge in [0.05, 0.1) is 12.6 Å². The lowest BCUT2D eigenvalue weighted by Crippen LogP contribution is -2.49. The van der Waals surface area contributed by atoms with Crippen molar-refractivity contribution in [3.05, 3.63) is 65.7 Å². The number of para-hydroxylation sites is 1. The molecule has 2 aliphatic rings. The zero-order valence-corrected chi connectivity index (χ0v) is 12.4. The zero-order valence-electron chi connectivity index (χ0n) is 12.4. The Morgan fingerprint density at radius 1 is 1.14 bits per heavy atom. The standard InChI is InChI=1S/C19H18N2O/c20-11-13-21-12-10-19(15-6-2-1-3-7-15)17(14-21)16-8-4-5-9-18(16)22-19/h1-9,17H,10,12-14H2. The molecule has 0 aromatic heterocycles. The Kier molecular flexibility index (Phi) is 3.13. The van der Waals surface area contributed by atoms with E-state index in [4.69, 9.17) is 10.00 Å². The fourth-order valence-electron chi connectivity index (χ4n) is 3.89. The van der Waals surface area contributed by atoms with Crippen molar-refractivity contribution in [1.29, 1.82) is 5.26 Å². The van der Waals surface area contributed by atoms with Crippen molar-refractivity contribution in [2.45, 2.75) is 17.9 Å². The molecule has 2 heterocycles. The Balaban J connectivity index is 1.79. The molecule has 0 bridgehead atoms. The molecule has 0 aliphatic carbocycles. The molecular formula is C19H18N2O. The van der Waals surface area contributed by atoms with Crippen LogP contribution in [-0.2, 0) is 5.60 Å². The molecule has 2 aliphatic heterocycles. The zero-order chi connectivity index (χ0) is 15.0. The van der Waals surface area contributed by atoms with Crippen LogP contribution in [0.3, 0.4) is 0 Å². The highest BCUT2D eigenvalue weighted by atomic mass is 16.5. The van der Waals surface area contributed by atoms with Gasteiger partial charge in [-0.2, -0.15) is 5.26 Å². The van der Waals surface area contributed by atoms with E-state index in [0.717, 1.165) is 25.3 Å². The Morgan fingerprint density at radius 2 is 1.91 bits per heavy atom. The largest absolute Gasteiger partial charge is 0.482 e. The smallest absolute Gasteiger partial charge is 0.143 e.